The summed E-state index contributed by atoms with van der Waals surface area (Å²) < 4.78 is 5.57. The number of nitrogens with one attached hydrogen (secondary N) is 1. The number of piperidine rings is 1. The highest BCUT2D eigenvalue weighted by molar-refractivity contribution is 5.43. The van der Waals surface area contributed by atoms with E-state index in [9.17, 15) is 5.11 Å². The van der Waals surface area contributed by atoms with Crippen molar-refractivity contribution in [1.82, 2.24) is 0 Å². The van der Waals surface area contributed by atoms with Crippen LogP contribution in [0.25, 0.3) is 0 Å². The molecule has 4 atom stereocenters. The first-order valence-electron chi connectivity index (χ1n) is 8.27. The quantitative estimate of drug-likeness (QED) is 0.893. The molecular weight excluding hydrogens is 274 g/mol. The summed E-state index contributed by atoms with van der Waals surface area (Å²) in [6.45, 7) is 6.91. The van der Waals surface area contributed by atoms with Crippen LogP contribution >= 0.6 is 0 Å². The molecule has 0 amide bonds. The lowest BCUT2D eigenvalue weighted by Crippen LogP contribution is -3.17. The predicted molar refractivity (Wildman–Crippen MR) is 85.0 cm³/mol. The molecule has 1 saturated heterocycles. The van der Waals surface area contributed by atoms with Crippen molar-refractivity contribution in [1.29, 1.82) is 0 Å². The van der Waals surface area contributed by atoms with Crippen LogP contribution in [0.1, 0.15) is 37.2 Å². The molecule has 3 heteroatoms. The fourth-order valence-electron chi connectivity index (χ4n) is 4.70. The normalized spacial score (nSPS) is 33.5. The van der Waals surface area contributed by atoms with E-state index in [1.807, 2.05) is 18.2 Å². The predicted octanol–water partition coefficient (Wildman–Crippen LogP) is 2.29. The van der Waals surface area contributed by atoms with Gasteiger partial charge in [-0.1, -0.05) is 19.9 Å². The Morgan fingerprint density at radius 3 is 3.00 bits per heavy atom. The molecule has 116 valence electrons. The molecular formula is C19H24NO2+. The molecule has 3 nitrogen and oxygen atoms in total. The zero-order valence-corrected chi connectivity index (χ0v) is 13.3. The van der Waals surface area contributed by atoms with Crippen LogP contribution in [0.3, 0.4) is 0 Å². The van der Waals surface area contributed by atoms with E-state index in [0.29, 0.717) is 17.7 Å². The van der Waals surface area contributed by atoms with Crippen molar-refractivity contribution in [2.45, 2.75) is 44.7 Å². The number of hydrogen-bond donors (Lipinski definition) is 2. The topological polar surface area (TPSA) is 37.8 Å². The van der Waals surface area contributed by atoms with E-state index in [1.165, 1.54) is 17.7 Å². The summed E-state index contributed by atoms with van der Waals surface area (Å²) in [7, 11) is 0. The summed E-state index contributed by atoms with van der Waals surface area (Å²) in [5.41, 5.74) is 2.97. The fraction of sp³-hybridized carbons (Fsp3) is 0.474. The number of fused-ring (bicyclic) bond motifs is 4. The number of likely N-dealkylation sites (tertiary alicyclic amines) is 1. The fourth-order valence-corrected chi connectivity index (χ4v) is 4.70. The summed E-state index contributed by atoms with van der Waals surface area (Å²) in [5.74, 6) is 2.10. The summed E-state index contributed by atoms with van der Waals surface area (Å²) in [5, 5.41) is 9.89. The van der Waals surface area contributed by atoms with Gasteiger partial charge >= 0.3 is 0 Å². The van der Waals surface area contributed by atoms with E-state index in [4.69, 9.17) is 4.42 Å². The van der Waals surface area contributed by atoms with E-state index in [0.717, 1.165) is 25.1 Å². The van der Waals surface area contributed by atoms with Gasteiger partial charge < -0.3 is 14.4 Å². The Morgan fingerprint density at radius 2 is 2.23 bits per heavy atom. The Bertz CT molecular complexity index is 679. The first-order valence-corrected chi connectivity index (χ1v) is 8.27. The highest BCUT2D eigenvalue weighted by atomic mass is 16.3. The van der Waals surface area contributed by atoms with Crippen molar-refractivity contribution in [3.05, 3.63) is 53.5 Å². The molecule has 1 aliphatic heterocycles. The average molecular weight is 298 g/mol. The molecule has 1 fully saturated rings. The largest absolute Gasteiger partial charge is 0.508 e. The minimum absolute atomic E-state index is 0.184. The van der Waals surface area contributed by atoms with E-state index >= 15 is 0 Å². The van der Waals surface area contributed by atoms with Crippen LogP contribution in [-0.2, 0) is 18.4 Å². The van der Waals surface area contributed by atoms with Gasteiger partial charge in [0, 0.05) is 24.2 Å². The van der Waals surface area contributed by atoms with Crippen molar-refractivity contribution in [3.63, 3.8) is 0 Å². The Kier molecular flexibility index (Phi) is 3.08. The molecule has 2 bridgehead atoms. The highest BCUT2D eigenvalue weighted by Crippen LogP contribution is 2.45. The number of phenols is 1. The second-order valence-electron chi connectivity index (χ2n) is 7.27. The number of phenolic OH excluding ortho intramolecular Hbond substituents is 1. The lowest BCUT2D eigenvalue weighted by atomic mass is 9.59. The molecule has 2 heterocycles. The minimum Gasteiger partial charge on any atom is -0.508 e. The van der Waals surface area contributed by atoms with E-state index in [-0.39, 0.29) is 5.41 Å². The molecule has 22 heavy (non-hydrogen) atoms. The number of rotatable bonds is 2. The maximum Gasteiger partial charge on any atom is 0.157 e. The Labute approximate surface area is 131 Å². The Balaban J connectivity index is 1.69. The number of hydrogen-bond acceptors (Lipinski definition) is 2. The standard InChI is InChI=1S/C19H23NO2/c1-13-18-10-14-5-6-15(21)11-17(14)19(13,2)7-8-20(18)12-16-4-3-9-22-16/h3-6,9,11,13,18,21H,7-8,10,12H2,1-2H3/p+1. The van der Waals surface area contributed by atoms with Gasteiger partial charge in [0.15, 0.2) is 5.76 Å². The number of benzene rings is 1. The number of quaternary nitrogens is 1. The number of aromatic hydroxyl groups is 1. The first-order chi connectivity index (χ1) is 10.6. The van der Waals surface area contributed by atoms with Gasteiger partial charge in [0.05, 0.1) is 18.8 Å². The molecule has 2 aliphatic rings. The molecule has 0 radical (unpaired) electrons. The van der Waals surface area contributed by atoms with E-state index in [2.05, 4.69) is 26.0 Å². The van der Waals surface area contributed by atoms with Crippen molar-refractivity contribution in [2.24, 2.45) is 5.92 Å². The Morgan fingerprint density at radius 1 is 1.36 bits per heavy atom. The van der Waals surface area contributed by atoms with E-state index in [1.54, 1.807) is 11.2 Å². The highest BCUT2D eigenvalue weighted by Gasteiger charge is 2.51. The summed E-state index contributed by atoms with van der Waals surface area (Å²) in [4.78, 5) is 1.64. The van der Waals surface area contributed by atoms with Gasteiger partial charge in [0.1, 0.15) is 12.3 Å². The van der Waals surface area contributed by atoms with Crippen molar-refractivity contribution >= 4 is 0 Å². The van der Waals surface area contributed by atoms with Gasteiger partial charge in [-0.05, 0) is 35.4 Å². The van der Waals surface area contributed by atoms with Crippen molar-refractivity contribution in [2.75, 3.05) is 6.54 Å². The minimum atomic E-state index is 0.184. The molecule has 2 aromatic rings. The van der Waals surface area contributed by atoms with E-state index < -0.39 is 0 Å². The van der Waals surface area contributed by atoms with Gasteiger partial charge in [0.25, 0.3) is 0 Å². The molecule has 0 spiro atoms. The smallest absolute Gasteiger partial charge is 0.157 e. The monoisotopic (exact) mass is 298 g/mol. The summed E-state index contributed by atoms with van der Waals surface area (Å²) in [6, 6.07) is 10.6. The summed E-state index contributed by atoms with van der Waals surface area (Å²) >= 11 is 0. The van der Waals surface area contributed by atoms with Gasteiger partial charge in [-0.3, -0.25) is 0 Å². The maximum atomic E-state index is 9.89. The third kappa shape index (κ3) is 1.99. The lowest BCUT2D eigenvalue weighted by molar-refractivity contribution is -0.951. The van der Waals surface area contributed by atoms with Gasteiger partial charge in [0.2, 0.25) is 0 Å². The van der Waals surface area contributed by atoms with Crippen LogP contribution in [0.5, 0.6) is 5.75 Å². The Hall–Kier alpha value is -1.74. The SMILES string of the molecule is CC1C2Cc3ccc(O)cc3C1(C)CC[NH+]2Cc1ccco1. The maximum absolute atomic E-state index is 9.89. The van der Waals surface area contributed by atoms with Crippen LogP contribution in [0.2, 0.25) is 0 Å². The molecule has 1 aliphatic carbocycles. The third-order valence-corrected chi connectivity index (χ3v) is 6.23. The van der Waals surface area contributed by atoms with Crippen LogP contribution in [0, 0.1) is 5.92 Å². The molecule has 1 aromatic carbocycles. The molecule has 0 saturated carbocycles. The molecule has 4 rings (SSSR count). The first kappa shape index (κ1) is 13.9. The van der Waals surface area contributed by atoms with Crippen molar-refractivity contribution in [3.8, 4) is 5.75 Å². The second-order valence-corrected chi connectivity index (χ2v) is 7.27. The zero-order chi connectivity index (χ0) is 15.3. The number of furan rings is 1. The lowest BCUT2D eigenvalue weighted by Gasteiger charge is -2.52. The van der Waals surface area contributed by atoms with Crippen LogP contribution in [0.15, 0.2) is 41.0 Å². The van der Waals surface area contributed by atoms with Crippen LogP contribution in [-0.4, -0.2) is 17.7 Å². The second kappa shape index (κ2) is 4.88. The molecule has 1 aromatic heterocycles. The third-order valence-electron chi connectivity index (χ3n) is 6.23. The molecule has 4 unspecified atom stereocenters. The van der Waals surface area contributed by atoms with Crippen LogP contribution < -0.4 is 4.90 Å². The van der Waals surface area contributed by atoms with Gasteiger partial charge in [-0.2, -0.15) is 0 Å². The summed E-state index contributed by atoms with van der Waals surface area (Å²) in [6.07, 6.45) is 4.03. The van der Waals surface area contributed by atoms with Crippen molar-refractivity contribution < 1.29 is 14.4 Å². The average Bonchev–Trinajstić information content (AvgIpc) is 3.00. The van der Waals surface area contributed by atoms with Gasteiger partial charge in [-0.25, -0.2) is 0 Å². The zero-order valence-electron chi connectivity index (χ0n) is 13.3. The van der Waals surface area contributed by atoms with Gasteiger partial charge in [-0.15, -0.1) is 0 Å². The van der Waals surface area contributed by atoms with Crippen LogP contribution in [0.4, 0.5) is 0 Å². The molecule has 2 N–H and O–H groups in total.